The number of carbonyl (C=O) groups is 3. The Morgan fingerprint density at radius 2 is 1.52 bits per heavy atom. The molecule has 1 amide bonds. The first-order valence-corrected chi connectivity index (χ1v) is 11.8. The van der Waals surface area contributed by atoms with Crippen LogP contribution in [0.2, 0.25) is 3.67 Å². The number of carboxylic acids is 1. The molecule has 7 heteroatoms. The van der Waals surface area contributed by atoms with Gasteiger partial charge >= 0.3 is 125 Å². The van der Waals surface area contributed by atoms with Gasteiger partial charge in [-0.1, -0.05) is 0 Å². The summed E-state index contributed by atoms with van der Waals surface area (Å²) in [5.74, 6) is -1.75. The summed E-state index contributed by atoms with van der Waals surface area (Å²) in [5.41, 5.74) is 9.56. The van der Waals surface area contributed by atoms with Gasteiger partial charge in [-0.15, -0.1) is 0 Å². The number of hydrogen-bond donors (Lipinski definition) is 3. The van der Waals surface area contributed by atoms with Crippen molar-refractivity contribution in [1.82, 2.24) is 5.32 Å². The number of Topliss-reactive ketones (excluding diaryl/α,β-unsaturated/α-hetero) is 1. The van der Waals surface area contributed by atoms with Crippen LogP contribution < -0.4 is 11.1 Å². The van der Waals surface area contributed by atoms with E-state index in [9.17, 15) is 14.4 Å². The number of hydrogen-bond acceptors (Lipinski definition) is 4. The minimum absolute atomic E-state index is 0.0324. The van der Waals surface area contributed by atoms with Gasteiger partial charge in [-0.05, 0) is 6.42 Å². The van der Waals surface area contributed by atoms with Crippen molar-refractivity contribution in [2.75, 3.05) is 0 Å². The van der Waals surface area contributed by atoms with E-state index in [-0.39, 0.29) is 24.5 Å². The van der Waals surface area contributed by atoms with Crippen LogP contribution in [0.1, 0.15) is 66.2 Å². The monoisotopic (exact) mass is 414 g/mol. The summed E-state index contributed by atoms with van der Waals surface area (Å²) >= 11 is 1.21. The number of rotatable bonds is 14. The van der Waals surface area contributed by atoms with Crippen LogP contribution in [0, 0.1) is 0 Å². The molecule has 0 aliphatic heterocycles. The molecule has 0 saturated heterocycles. The van der Waals surface area contributed by atoms with Crippen LogP contribution in [0.15, 0.2) is 34.9 Å². The molecule has 1 unspecified atom stereocenters. The molecule has 0 aromatic rings. The van der Waals surface area contributed by atoms with Crippen LogP contribution in [-0.4, -0.2) is 62.8 Å². The maximum absolute atomic E-state index is 12.6. The third-order valence-electron chi connectivity index (χ3n) is 4.75. The van der Waals surface area contributed by atoms with E-state index >= 15 is 0 Å². The van der Waals surface area contributed by atoms with Crippen molar-refractivity contribution in [2.24, 2.45) is 5.73 Å². The maximum atomic E-state index is 12.6. The summed E-state index contributed by atoms with van der Waals surface area (Å²) in [6, 6.07) is -1.74. The molecular formula is C22H35N2NaO4. The van der Waals surface area contributed by atoms with Gasteiger partial charge in [0.15, 0.2) is 5.78 Å². The SMILES string of the molecule is CC(=O)N[C@@H](CCC(=O)O)C(=O)C(N)C(C)=CCCC(C)=CCCC(C)=C[CH2][Na]. The number of nitrogens with one attached hydrogen (secondary N) is 1. The summed E-state index contributed by atoms with van der Waals surface area (Å²) in [6.07, 6.45) is 10.2. The standard InChI is InChI=1S/C22H35N2O4.Na/c1-6-15(2)9-7-10-16(3)11-8-12-17(4)21(23)22(28)19(24-18(5)25)13-14-20(26)27;/h6,10,12,19,21H,1,7-9,11,13-14,23H2,2-5H3,(H,24,25)(H,26,27);/t19-,21?;/m0./s1. The predicted molar refractivity (Wildman–Crippen MR) is 118 cm³/mol. The van der Waals surface area contributed by atoms with E-state index in [1.807, 2.05) is 6.08 Å². The summed E-state index contributed by atoms with van der Waals surface area (Å²) in [4.78, 5) is 34.7. The molecule has 0 saturated carbocycles. The fourth-order valence-corrected chi connectivity index (χ4v) is 3.69. The van der Waals surface area contributed by atoms with E-state index in [1.54, 1.807) is 6.92 Å². The minimum atomic E-state index is -1.02. The molecule has 158 valence electrons. The first kappa shape index (κ1) is 27.8. The molecule has 0 aromatic heterocycles. The Hall–Kier alpha value is -1.21. The van der Waals surface area contributed by atoms with Crippen molar-refractivity contribution in [3.05, 3.63) is 34.9 Å². The molecular weight excluding hydrogens is 379 g/mol. The van der Waals surface area contributed by atoms with Crippen LogP contribution in [0.3, 0.4) is 0 Å². The van der Waals surface area contributed by atoms with Crippen LogP contribution >= 0.6 is 0 Å². The Bertz CT molecular complexity index is 653. The van der Waals surface area contributed by atoms with Gasteiger partial charge in [0.25, 0.3) is 0 Å². The fraction of sp³-hybridized carbons (Fsp3) is 0.591. The van der Waals surface area contributed by atoms with E-state index in [4.69, 9.17) is 10.8 Å². The number of ketones is 1. The normalized spacial score (nSPS) is 15.1. The zero-order valence-corrected chi connectivity index (χ0v) is 20.6. The Kier molecular flexibility index (Phi) is 15.0. The molecule has 0 bridgehead atoms. The van der Waals surface area contributed by atoms with Crippen molar-refractivity contribution in [1.29, 1.82) is 0 Å². The van der Waals surface area contributed by atoms with Gasteiger partial charge in [-0.2, -0.15) is 0 Å². The topological polar surface area (TPSA) is 109 Å². The molecule has 0 aliphatic rings. The molecule has 29 heavy (non-hydrogen) atoms. The van der Waals surface area contributed by atoms with Gasteiger partial charge < -0.3 is 16.2 Å². The van der Waals surface area contributed by atoms with Gasteiger partial charge in [0.2, 0.25) is 5.91 Å². The second kappa shape index (κ2) is 15.6. The summed E-state index contributed by atoms with van der Waals surface area (Å²) in [6.45, 7) is 7.38. The molecule has 0 radical (unpaired) electrons. The fourth-order valence-electron chi connectivity index (χ4n) is 2.99. The van der Waals surface area contributed by atoms with Gasteiger partial charge in [0, 0.05) is 13.3 Å². The zero-order chi connectivity index (χ0) is 22.4. The number of aliphatic carboxylic acids is 1. The summed E-state index contributed by atoms with van der Waals surface area (Å²) in [7, 11) is 0. The van der Waals surface area contributed by atoms with Gasteiger partial charge in [-0.25, -0.2) is 0 Å². The number of carboxylic acid groups (broad SMARTS) is 1. The number of carbonyl (C=O) groups excluding carboxylic acids is 2. The molecule has 0 fully saturated rings. The summed E-state index contributed by atoms with van der Waals surface area (Å²) in [5, 5.41) is 11.4. The van der Waals surface area contributed by atoms with Crippen LogP contribution in [0.5, 0.6) is 0 Å². The molecule has 2 atom stereocenters. The Morgan fingerprint density at radius 1 is 0.966 bits per heavy atom. The van der Waals surface area contributed by atoms with Crippen molar-refractivity contribution in [3.8, 4) is 0 Å². The van der Waals surface area contributed by atoms with Gasteiger partial charge in [-0.3, -0.25) is 14.4 Å². The van der Waals surface area contributed by atoms with Crippen molar-refractivity contribution in [3.63, 3.8) is 0 Å². The second-order valence-electron chi connectivity index (χ2n) is 7.60. The molecule has 0 aromatic carbocycles. The number of allylic oxidation sites excluding steroid dienone is 5. The molecule has 4 N–H and O–H groups in total. The Morgan fingerprint density at radius 3 is 2.03 bits per heavy atom. The van der Waals surface area contributed by atoms with Crippen molar-refractivity contribution < 1.29 is 19.5 Å². The van der Waals surface area contributed by atoms with E-state index < -0.39 is 18.1 Å². The zero-order valence-electron chi connectivity index (χ0n) is 18.6. The van der Waals surface area contributed by atoms with Crippen molar-refractivity contribution in [2.45, 2.75) is 82.0 Å². The number of amides is 1. The van der Waals surface area contributed by atoms with E-state index in [2.05, 4.69) is 31.3 Å². The van der Waals surface area contributed by atoms with Crippen LogP contribution in [0.25, 0.3) is 0 Å². The van der Waals surface area contributed by atoms with E-state index in [0.29, 0.717) is 0 Å². The van der Waals surface area contributed by atoms with Crippen molar-refractivity contribution >= 4 is 45.6 Å². The predicted octanol–water partition coefficient (Wildman–Crippen LogP) is 3.24. The second-order valence-corrected chi connectivity index (χ2v) is 8.42. The van der Waals surface area contributed by atoms with Crippen LogP contribution in [0.4, 0.5) is 0 Å². The third-order valence-corrected chi connectivity index (χ3v) is 5.16. The van der Waals surface area contributed by atoms with Gasteiger partial charge in [0.1, 0.15) is 0 Å². The molecule has 0 rings (SSSR count). The first-order valence-electron chi connectivity index (χ1n) is 10.3. The van der Waals surface area contributed by atoms with Gasteiger partial charge in [0.05, 0.1) is 6.04 Å². The quantitative estimate of drug-likeness (QED) is 0.299. The average Bonchev–Trinajstić information content (AvgIpc) is 2.63. The Balaban J connectivity index is 4.72. The summed E-state index contributed by atoms with van der Waals surface area (Å²) < 4.78 is 1.21. The molecule has 0 heterocycles. The number of nitrogens with two attached hydrogens (primary N) is 1. The molecule has 0 spiro atoms. The third kappa shape index (κ3) is 13.6. The Labute approximate surface area is 192 Å². The van der Waals surface area contributed by atoms with E-state index in [1.165, 1.54) is 49.7 Å². The van der Waals surface area contributed by atoms with E-state index in [0.717, 1.165) is 31.3 Å². The average molecular weight is 415 g/mol. The first-order chi connectivity index (χ1) is 13.6. The molecule has 6 nitrogen and oxygen atoms in total. The molecule has 0 aliphatic carbocycles. The van der Waals surface area contributed by atoms with Crippen LogP contribution in [-0.2, 0) is 14.4 Å².